The number of hydrogen-bond donors (Lipinski definition) is 1. The number of rotatable bonds is 1. The SMILES string of the molecule is CC1(C)CCC(O)CC1N1CCOCC1=O. The Kier molecular flexibility index (Phi) is 3.22. The van der Waals surface area contributed by atoms with Crippen LogP contribution in [0, 0.1) is 5.41 Å². The van der Waals surface area contributed by atoms with Gasteiger partial charge in [0.05, 0.1) is 12.7 Å². The van der Waals surface area contributed by atoms with E-state index in [2.05, 4.69) is 13.8 Å². The van der Waals surface area contributed by atoms with Crippen molar-refractivity contribution in [2.24, 2.45) is 5.41 Å². The van der Waals surface area contributed by atoms with E-state index in [9.17, 15) is 9.90 Å². The van der Waals surface area contributed by atoms with Crippen LogP contribution in [-0.2, 0) is 9.53 Å². The van der Waals surface area contributed by atoms with E-state index in [0.717, 1.165) is 12.8 Å². The number of ether oxygens (including phenoxy) is 1. The van der Waals surface area contributed by atoms with Gasteiger partial charge >= 0.3 is 0 Å². The summed E-state index contributed by atoms with van der Waals surface area (Å²) in [4.78, 5) is 13.7. The second-order valence-corrected chi connectivity index (χ2v) is 5.57. The van der Waals surface area contributed by atoms with Gasteiger partial charge in [0, 0.05) is 12.6 Å². The molecular weight excluding hydrogens is 206 g/mol. The van der Waals surface area contributed by atoms with Crippen LogP contribution in [0.25, 0.3) is 0 Å². The van der Waals surface area contributed by atoms with Crippen molar-refractivity contribution in [3.8, 4) is 0 Å². The fourth-order valence-corrected chi connectivity index (χ4v) is 2.81. The van der Waals surface area contributed by atoms with E-state index in [0.29, 0.717) is 19.6 Å². The molecule has 1 aliphatic heterocycles. The molecule has 0 radical (unpaired) electrons. The smallest absolute Gasteiger partial charge is 0.248 e. The van der Waals surface area contributed by atoms with Crippen molar-refractivity contribution >= 4 is 5.91 Å². The lowest BCUT2D eigenvalue weighted by Gasteiger charge is -2.47. The van der Waals surface area contributed by atoms with Gasteiger partial charge in [0.2, 0.25) is 5.91 Å². The normalized spacial score (nSPS) is 35.2. The van der Waals surface area contributed by atoms with E-state index in [1.165, 1.54) is 0 Å². The minimum absolute atomic E-state index is 0.0680. The van der Waals surface area contributed by atoms with Gasteiger partial charge in [-0.2, -0.15) is 0 Å². The van der Waals surface area contributed by atoms with Crippen molar-refractivity contribution in [2.75, 3.05) is 19.8 Å². The Labute approximate surface area is 96.6 Å². The zero-order chi connectivity index (χ0) is 11.8. The van der Waals surface area contributed by atoms with Gasteiger partial charge in [0.1, 0.15) is 6.61 Å². The maximum absolute atomic E-state index is 11.8. The Bertz CT molecular complexity index is 277. The summed E-state index contributed by atoms with van der Waals surface area (Å²) in [6.45, 7) is 5.86. The number of aliphatic hydroxyl groups excluding tert-OH is 1. The third-order valence-electron chi connectivity index (χ3n) is 3.92. The number of carbonyl (C=O) groups is 1. The van der Waals surface area contributed by atoms with Crippen LogP contribution in [0.3, 0.4) is 0 Å². The van der Waals surface area contributed by atoms with Gasteiger partial charge in [-0.3, -0.25) is 4.79 Å². The van der Waals surface area contributed by atoms with E-state index >= 15 is 0 Å². The third-order valence-corrected chi connectivity index (χ3v) is 3.92. The Balaban J connectivity index is 2.12. The number of morpholine rings is 1. The molecule has 0 aromatic heterocycles. The monoisotopic (exact) mass is 227 g/mol. The molecule has 2 fully saturated rings. The van der Waals surface area contributed by atoms with Crippen molar-refractivity contribution in [2.45, 2.75) is 45.3 Å². The van der Waals surface area contributed by atoms with E-state index in [-0.39, 0.29) is 30.1 Å². The summed E-state index contributed by atoms with van der Waals surface area (Å²) in [5.74, 6) is 0.0680. The first kappa shape index (κ1) is 11.9. The molecule has 1 N–H and O–H groups in total. The second-order valence-electron chi connectivity index (χ2n) is 5.57. The molecule has 2 unspecified atom stereocenters. The van der Waals surface area contributed by atoms with Crippen molar-refractivity contribution in [1.82, 2.24) is 4.90 Å². The topological polar surface area (TPSA) is 49.8 Å². The number of amides is 1. The average Bonchev–Trinajstić information content (AvgIpc) is 2.23. The lowest BCUT2D eigenvalue weighted by atomic mass is 9.71. The standard InChI is InChI=1S/C12H21NO3/c1-12(2)4-3-9(14)7-10(12)13-5-6-16-8-11(13)15/h9-10,14H,3-8H2,1-2H3. The van der Waals surface area contributed by atoms with Gasteiger partial charge in [-0.25, -0.2) is 0 Å². The molecule has 0 spiro atoms. The van der Waals surface area contributed by atoms with E-state index in [4.69, 9.17) is 4.74 Å². The predicted octanol–water partition coefficient (Wildman–Crippen LogP) is 0.785. The van der Waals surface area contributed by atoms with Crippen LogP contribution >= 0.6 is 0 Å². The van der Waals surface area contributed by atoms with Crippen LogP contribution in [0.1, 0.15) is 33.1 Å². The van der Waals surface area contributed by atoms with Crippen LogP contribution < -0.4 is 0 Å². The molecule has 1 heterocycles. The fourth-order valence-electron chi connectivity index (χ4n) is 2.81. The quantitative estimate of drug-likeness (QED) is 0.720. The summed E-state index contributed by atoms with van der Waals surface area (Å²) < 4.78 is 5.14. The first-order valence-corrected chi connectivity index (χ1v) is 6.06. The molecule has 4 nitrogen and oxygen atoms in total. The molecule has 4 heteroatoms. The van der Waals surface area contributed by atoms with Gasteiger partial charge in [-0.15, -0.1) is 0 Å². The molecule has 1 aliphatic carbocycles. The van der Waals surface area contributed by atoms with Crippen LogP contribution in [0.5, 0.6) is 0 Å². The summed E-state index contributed by atoms with van der Waals surface area (Å²) >= 11 is 0. The molecule has 92 valence electrons. The van der Waals surface area contributed by atoms with E-state index < -0.39 is 0 Å². The zero-order valence-electron chi connectivity index (χ0n) is 10.1. The van der Waals surface area contributed by atoms with Crippen LogP contribution in [0.4, 0.5) is 0 Å². The van der Waals surface area contributed by atoms with Gasteiger partial charge in [-0.05, 0) is 24.7 Å². The highest BCUT2D eigenvalue weighted by molar-refractivity contribution is 5.78. The highest BCUT2D eigenvalue weighted by Crippen LogP contribution is 2.39. The fraction of sp³-hybridized carbons (Fsp3) is 0.917. The zero-order valence-corrected chi connectivity index (χ0v) is 10.1. The Morgan fingerprint density at radius 2 is 2.25 bits per heavy atom. The molecule has 2 atom stereocenters. The second kappa shape index (κ2) is 4.34. The van der Waals surface area contributed by atoms with Crippen molar-refractivity contribution in [3.05, 3.63) is 0 Å². The number of carbonyl (C=O) groups excluding carboxylic acids is 1. The summed E-state index contributed by atoms with van der Waals surface area (Å²) in [5.41, 5.74) is 0.103. The maximum atomic E-state index is 11.8. The number of aliphatic hydroxyl groups is 1. The summed E-state index contributed by atoms with van der Waals surface area (Å²) in [6.07, 6.45) is 2.28. The molecule has 1 saturated carbocycles. The summed E-state index contributed by atoms with van der Waals surface area (Å²) in [5, 5.41) is 9.76. The summed E-state index contributed by atoms with van der Waals surface area (Å²) in [6, 6.07) is 0.160. The van der Waals surface area contributed by atoms with Crippen LogP contribution in [0.2, 0.25) is 0 Å². The molecule has 2 aliphatic rings. The molecule has 0 aromatic carbocycles. The Hall–Kier alpha value is -0.610. The van der Waals surface area contributed by atoms with E-state index in [1.807, 2.05) is 4.90 Å². The maximum Gasteiger partial charge on any atom is 0.248 e. The van der Waals surface area contributed by atoms with E-state index in [1.54, 1.807) is 0 Å². The number of nitrogens with zero attached hydrogens (tertiary/aromatic N) is 1. The highest BCUT2D eigenvalue weighted by atomic mass is 16.5. The van der Waals surface area contributed by atoms with Crippen molar-refractivity contribution < 1.29 is 14.6 Å². The lowest BCUT2D eigenvalue weighted by molar-refractivity contribution is -0.152. The Morgan fingerprint density at radius 1 is 1.50 bits per heavy atom. The van der Waals surface area contributed by atoms with Crippen molar-refractivity contribution in [1.29, 1.82) is 0 Å². The Morgan fingerprint density at radius 3 is 2.94 bits per heavy atom. The molecule has 2 rings (SSSR count). The first-order chi connectivity index (χ1) is 7.50. The molecule has 0 aromatic rings. The van der Waals surface area contributed by atoms with Gasteiger partial charge in [0.25, 0.3) is 0 Å². The first-order valence-electron chi connectivity index (χ1n) is 6.06. The summed E-state index contributed by atoms with van der Waals surface area (Å²) in [7, 11) is 0. The van der Waals surface area contributed by atoms with Gasteiger partial charge < -0.3 is 14.7 Å². The third kappa shape index (κ3) is 2.23. The van der Waals surface area contributed by atoms with Crippen LogP contribution in [0.15, 0.2) is 0 Å². The largest absolute Gasteiger partial charge is 0.393 e. The average molecular weight is 227 g/mol. The lowest BCUT2D eigenvalue weighted by Crippen LogP contribution is -2.56. The molecule has 0 bridgehead atoms. The van der Waals surface area contributed by atoms with Gasteiger partial charge in [-0.1, -0.05) is 13.8 Å². The molecular formula is C12H21NO3. The number of hydrogen-bond acceptors (Lipinski definition) is 3. The van der Waals surface area contributed by atoms with Crippen molar-refractivity contribution in [3.63, 3.8) is 0 Å². The van der Waals surface area contributed by atoms with Gasteiger partial charge in [0.15, 0.2) is 0 Å². The molecule has 1 saturated heterocycles. The minimum Gasteiger partial charge on any atom is -0.393 e. The predicted molar refractivity (Wildman–Crippen MR) is 60.0 cm³/mol. The molecule has 1 amide bonds. The molecule has 16 heavy (non-hydrogen) atoms. The van der Waals surface area contributed by atoms with Crippen LogP contribution in [-0.4, -0.2) is 47.8 Å². The highest BCUT2D eigenvalue weighted by Gasteiger charge is 2.41. The minimum atomic E-state index is -0.256.